The Bertz CT molecular complexity index is 1470. The quantitative estimate of drug-likeness (QED) is 0.281. The van der Waals surface area contributed by atoms with Crippen LogP contribution in [-0.4, -0.2) is 50.9 Å². The molecule has 0 spiro atoms. The molecular weight excluding hydrogens is 550 g/mol. The van der Waals surface area contributed by atoms with E-state index in [4.69, 9.17) is 4.74 Å². The van der Waals surface area contributed by atoms with Gasteiger partial charge in [0, 0.05) is 12.6 Å². The largest absolute Gasteiger partial charge is 0.497 e. The minimum absolute atomic E-state index is 0.0714. The highest BCUT2D eigenvalue weighted by atomic mass is 32.2. The second-order valence-electron chi connectivity index (χ2n) is 10.7. The number of hydrogen-bond donors (Lipinski definition) is 1. The van der Waals surface area contributed by atoms with E-state index < -0.39 is 28.5 Å². The molecule has 0 aliphatic heterocycles. The van der Waals surface area contributed by atoms with Gasteiger partial charge >= 0.3 is 0 Å². The number of carbonyl (C=O) groups is 2. The van der Waals surface area contributed by atoms with Gasteiger partial charge in [-0.1, -0.05) is 55.8 Å². The summed E-state index contributed by atoms with van der Waals surface area (Å²) in [4.78, 5) is 29.3. The molecule has 9 heteroatoms. The standard InChI is InChI=1S/C33H43N3O5S/c1-8-26(6)34-33(38)30(9-2)35(21-27-14-16-28(41-7)17-15-27)32(37)22-36(31-20-24(4)10-13-25(31)5)42(39,40)29-18-11-23(3)12-19-29/h10-20,26,30H,8-9,21-22H2,1-7H3,(H,34,38)/t26-,30-/m1/s1. The molecule has 0 radical (unpaired) electrons. The fourth-order valence-corrected chi connectivity index (χ4v) is 6.10. The van der Waals surface area contributed by atoms with Crippen LogP contribution in [0.25, 0.3) is 0 Å². The number of nitrogens with zero attached hydrogens (tertiary/aromatic N) is 2. The van der Waals surface area contributed by atoms with E-state index in [0.29, 0.717) is 23.4 Å². The highest BCUT2D eigenvalue weighted by Crippen LogP contribution is 2.29. The van der Waals surface area contributed by atoms with Gasteiger partial charge < -0.3 is 15.0 Å². The minimum atomic E-state index is -4.13. The Morgan fingerprint density at radius 3 is 2.07 bits per heavy atom. The van der Waals surface area contributed by atoms with Crippen LogP contribution in [0.5, 0.6) is 5.75 Å². The van der Waals surface area contributed by atoms with Crippen molar-refractivity contribution in [3.05, 3.63) is 89.0 Å². The van der Waals surface area contributed by atoms with E-state index in [1.807, 2.05) is 65.8 Å². The normalized spacial score (nSPS) is 12.7. The van der Waals surface area contributed by atoms with E-state index in [-0.39, 0.29) is 23.4 Å². The Morgan fingerprint density at radius 2 is 1.50 bits per heavy atom. The number of aryl methyl sites for hydroxylation is 3. The van der Waals surface area contributed by atoms with Gasteiger partial charge in [0.15, 0.2) is 0 Å². The van der Waals surface area contributed by atoms with Crippen LogP contribution in [0, 0.1) is 20.8 Å². The third-order valence-corrected chi connectivity index (χ3v) is 9.19. The molecule has 8 nitrogen and oxygen atoms in total. The number of carbonyl (C=O) groups excluding carboxylic acids is 2. The van der Waals surface area contributed by atoms with Crippen LogP contribution >= 0.6 is 0 Å². The molecule has 0 saturated heterocycles. The topological polar surface area (TPSA) is 96.0 Å². The van der Waals surface area contributed by atoms with Crippen molar-refractivity contribution in [2.45, 2.75) is 77.9 Å². The molecule has 42 heavy (non-hydrogen) atoms. The summed E-state index contributed by atoms with van der Waals surface area (Å²) in [5.74, 6) is -0.0783. The van der Waals surface area contributed by atoms with Crippen molar-refractivity contribution >= 4 is 27.5 Å². The summed E-state index contributed by atoms with van der Waals surface area (Å²) in [5.41, 5.74) is 3.71. The molecule has 3 aromatic carbocycles. The van der Waals surface area contributed by atoms with Gasteiger partial charge in [0.25, 0.3) is 10.0 Å². The zero-order valence-corrected chi connectivity index (χ0v) is 26.5. The number of hydrogen-bond acceptors (Lipinski definition) is 5. The zero-order valence-electron chi connectivity index (χ0n) is 25.7. The van der Waals surface area contributed by atoms with Crippen LogP contribution in [-0.2, 0) is 26.2 Å². The SMILES string of the molecule is CC[C@@H](C)NC(=O)[C@@H](CC)N(Cc1ccc(OC)cc1)C(=O)CN(c1cc(C)ccc1C)S(=O)(=O)c1ccc(C)cc1. The number of ether oxygens (including phenoxy) is 1. The van der Waals surface area contributed by atoms with Gasteiger partial charge in [-0.3, -0.25) is 13.9 Å². The number of methoxy groups -OCH3 is 1. The molecule has 0 aliphatic carbocycles. The summed E-state index contributed by atoms with van der Waals surface area (Å²) in [6.45, 7) is 11.0. The van der Waals surface area contributed by atoms with Gasteiger partial charge in [-0.05, 0) is 87.6 Å². The van der Waals surface area contributed by atoms with Gasteiger partial charge in [-0.15, -0.1) is 0 Å². The maximum atomic E-state index is 14.3. The van der Waals surface area contributed by atoms with Crippen LogP contribution in [0.1, 0.15) is 55.9 Å². The number of sulfonamides is 1. The van der Waals surface area contributed by atoms with E-state index in [1.165, 1.54) is 9.21 Å². The lowest BCUT2D eigenvalue weighted by Gasteiger charge is -2.34. The lowest BCUT2D eigenvalue weighted by Crippen LogP contribution is -2.53. The smallest absolute Gasteiger partial charge is 0.264 e. The third-order valence-electron chi connectivity index (χ3n) is 7.42. The average Bonchev–Trinajstić information content (AvgIpc) is 2.97. The molecule has 0 aliphatic rings. The summed E-state index contributed by atoms with van der Waals surface area (Å²) in [6.07, 6.45) is 1.10. The molecule has 0 bridgehead atoms. The first-order chi connectivity index (χ1) is 19.9. The Kier molecular flexibility index (Phi) is 11.2. The third kappa shape index (κ3) is 7.91. The van der Waals surface area contributed by atoms with Crippen LogP contribution < -0.4 is 14.4 Å². The van der Waals surface area contributed by atoms with E-state index >= 15 is 0 Å². The number of nitrogens with one attached hydrogen (secondary N) is 1. The van der Waals surface area contributed by atoms with Gasteiger partial charge in [0.05, 0.1) is 17.7 Å². The number of amides is 2. The highest BCUT2D eigenvalue weighted by Gasteiger charge is 2.34. The van der Waals surface area contributed by atoms with E-state index in [0.717, 1.165) is 23.1 Å². The highest BCUT2D eigenvalue weighted by molar-refractivity contribution is 7.92. The van der Waals surface area contributed by atoms with Crippen LogP contribution in [0.3, 0.4) is 0 Å². The average molecular weight is 594 g/mol. The van der Waals surface area contributed by atoms with Crippen LogP contribution in [0.4, 0.5) is 5.69 Å². The predicted octanol–water partition coefficient (Wildman–Crippen LogP) is 5.54. The molecule has 0 heterocycles. The molecule has 3 rings (SSSR count). The lowest BCUT2D eigenvalue weighted by molar-refractivity contribution is -0.140. The molecule has 0 saturated carbocycles. The summed E-state index contributed by atoms with van der Waals surface area (Å²) in [6, 6.07) is 18.5. The monoisotopic (exact) mass is 593 g/mol. The zero-order chi connectivity index (χ0) is 31.0. The predicted molar refractivity (Wildman–Crippen MR) is 167 cm³/mol. The van der Waals surface area contributed by atoms with Crippen molar-refractivity contribution in [3.63, 3.8) is 0 Å². The van der Waals surface area contributed by atoms with Gasteiger partial charge in [-0.25, -0.2) is 8.42 Å². The fraction of sp³-hybridized carbons (Fsp3) is 0.394. The Balaban J connectivity index is 2.09. The second kappa shape index (κ2) is 14.4. The summed E-state index contributed by atoms with van der Waals surface area (Å²) >= 11 is 0. The van der Waals surface area contributed by atoms with Crippen molar-refractivity contribution in [1.29, 1.82) is 0 Å². The van der Waals surface area contributed by atoms with Crippen LogP contribution in [0.15, 0.2) is 71.6 Å². The maximum Gasteiger partial charge on any atom is 0.264 e. The Morgan fingerprint density at radius 1 is 0.881 bits per heavy atom. The minimum Gasteiger partial charge on any atom is -0.497 e. The molecule has 226 valence electrons. The summed E-state index contributed by atoms with van der Waals surface area (Å²) in [5, 5.41) is 3.00. The molecular formula is C33H43N3O5S. The van der Waals surface area contributed by atoms with Crippen molar-refractivity contribution < 1.29 is 22.7 Å². The second-order valence-corrected chi connectivity index (χ2v) is 12.6. The molecule has 2 atom stereocenters. The molecule has 1 N–H and O–H groups in total. The molecule has 0 unspecified atom stereocenters. The van der Waals surface area contributed by atoms with E-state index in [1.54, 1.807) is 49.6 Å². The Labute approximate surface area is 250 Å². The molecule has 3 aromatic rings. The number of benzene rings is 3. The molecule has 0 aromatic heterocycles. The number of rotatable bonds is 13. The van der Waals surface area contributed by atoms with E-state index in [9.17, 15) is 18.0 Å². The van der Waals surface area contributed by atoms with Crippen molar-refractivity contribution in [2.75, 3.05) is 18.0 Å². The van der Waals surface area contributed by atoms with Crippen molar-refractivity contribution in [3.8, 4) is 5.75 Å². The first-order valence-electron chi connectivity index (χ1n) is 14.3. The van der Waals surface area contributed by atoms with E-state index in [2.05, 4.69) is 5.32 Å². The van der Waals surface area contributed by atoms with Crippen LogP contribution in [0.2, 0.25) is 0 Å². The Hall–Kier alpha value is -3.85. The fourth-order valence-electron chi connectivity index (χ4n) is 4.63. The first-order valence-corrected chi connectivity index (χ1v) is 15.7. The first kappa shape index (κ1) is 32.7. The lowest BCUT2D eigenvalue weighted by atomic mass is 10.1. The summed E-state index contributed by atoms with van der Waals surface area (Å²) in [7, 11) is -2.55. The molecule has 0 fully saturated rings. The maximum absolute atomic E-state index is 14.3. The van der Waals surface area contributed by atoms with Crippen molar-refractivity contribution in [2.24, 2.45) is 0 Å². The van der Waals surface area contributed by atoms with Gasteiger partial charge in [-0.2, -0.15) is 0 Å². The van der Waals surface area contributed by atoms with Crippen molar-refractivity contribution in [1.82, 2.24) is 10.2 Å². The molecule has 2 amide bonds. The van der Waals surface area contributed by atoms with Gasteiger partial charge in [0.2, 0.25) is 11.8 Å². The summed E-state index contributed by atoms with van der Waals surface area (Å²) < 4.78 is 34.7. The number of anilines is 1. The van der Waals surface area contributed by atoms with Gasteiger partial charge in [0.1, 0.15) is 18.3 Å².